The van der Waals surface area contributed by atoms with E-state index in [0.717, 1.165) is 11.1 Å². The van der Waals surface area contributed by atoms with E-state index in [9.17, 15) is 14.4 Å². The van der Waals surface area contributed by atoms with Gasteiger partial charge in [0.05, 0.1) is 0 Å². The Morgan fingerprint density at radius 1 is 0.970 bits per heavy atom. The molecule has 2 aromatic rings. The Morgan fingerprint density at radius 3 is 2.09 bits per heavy atom. The summed E-state index contributed by atoms with van der Waals surface area (Å²) in [5.74, 6) is -1.26. The van der Waals surface area contributed by atoms with Gasteiger partial charge < -0.3 is 20.1 Å². The van der Waals surface area contributed by atoms with Crippen molar-refractivity contribution in [3.63, 3.8) is 0 Å². The number of rotatable bonds is 8. The first-order valence-corrected chi connectivity index (χ1v) is 11.8. The summed E-state index contributed by atoms with van der Waals surface area (Å²) in [6.45, 7) is 4.03. The monoisotopic (exact) mass is 468 g/mol. The second-order valence-electron chi connectivity index (χ2n) is 8.82. The lowest BCUT2D eigenvalue weighted by atomic mass is 9.77. The summed E-state index contributed by atoms with van der Waals surface area (Å²) in [5.41, 5.74) is 6.44. The lowest BCUT2D eigenvalue weighted by Crippen LogP contribution is -2.74. The Hall–Kier alpha value is -2.84. The van der Waals surface area contributed by atoms with E-state index in [-0.39, 0.29) is 37.3 Å². The van der Waals surface area contributed by atoms with Crippen LogP contribution in [0.4, 0.5) is 0 Å². The third kappa shape index (κ3) is 4.25. The standard InChI is InChI=1S/C25H28N2O5S/c1-24(2)25(27-21(29)20(26)22(27)33-24,23(30)32-16-18-11-7-4-8-12-18)14-13-19(28)31-15-17-9-5-3-6-10-17/h3-12,20,22H,13-16,26H2,1-2H3/t20-,22+,25-/m0/s1. The molecule has 2 N–H and O–H groups in total. The maximum atomic E-state index is 13.6. The number of amides is 1. The number of β-lactam (4-membered cyclic amide) rings is 1. The second-order valence-corrected chi connectivity index (χ2v) is 10.6. The number of fused-ring (bicyclic) bond motifs is 1. The molecule has 0 saturated carbocycles. The highest BCUT2D eigenvalue weighted by Gasteiger charge is 2.72. The van der Waals surface area contributed by atoms with Gasteiger partial charge in [-0.2, -0.15) is 0 Å². The van der Waals surface area contributed by atoms with Gasteiger partial charge in [0.25, 0.3) is 0 Å². The van der Waals surface area contributed by atoms with Crippen LogP contribution >= 0.6 is 11.8 Å². The first-order valence-electron chi connectivity index (χ1n) is 10.9. The molecular weight excluding hydrogens is 440 g/mol. The van der Waals surface area contributed by atoms with Crippen LogP contribution in [0, 0.1) is 0 Å². The van der Waals surface area contributed by atoms with Crippen LogP contribution < -0.4 is 5.73 Å². The number of benzene rings is 2. The number of thioether (sulfide) groups is 1. The van der Waals surface area contributed by atoms with Crippen molar-refractivity contribution >= 4 is 29.6 Å². The average molecular weight is 469 g/mol. The van der Waals surface area contributed by atoms with Crippen molar-refractivity contribution in [2.24, 2.45) is 5.73 Å². The SMILES string of the molecule is CC1(C)S[C@@H]2[C@@H](N)C(=O)N2[C@@]1(CCC(=O)OCc1ccccc1)C(=O)OCc1ccccc1. The van der Waals surface area contributed by atoms with E-state index in [1.54, 1.807) is 0 Å². The van der Waals surface area contributed by atoms with Crippen LogP contribution in [0.15, 0.2) is 60.7 Å². The normalized spacial score (nSPS) is 25.2. The van der Waals surface area contributed by atoms with Crippen LogP contribution in [-0.2, 0) is 37.1 Å². The lowest BCUT2D eigenvalue weighted by molar-refractivity contribution is -0.176. The largest absolute Gasteiger partial charge is 0.461 e. The zero-order chi connectivity index (χ0) is 23.6. The highest BCUT2D eigenvalue weighted by molar-refractivity contribution is 8.01. The molecule has 0 radical (unpaired) electrons. The number of esters is 2. The van der Waals surface area contributed by atoms with E-state index >= 15 is 0 Å². The van der Waals surface area contributed by atoms with Gasteiger partial charge in [0.15, 0.2) is 5.54 Å². The molecule has 4 rings (SSSR count). The highest BCUT2D eigenvalue weighted by atomic mass is 32.2. The molecule has 174 valence electrons. The molecule has 1 amide bonds. The van der Waals surface area contributed by atoms with Crippen LogP contribution in [0.2, 0.25) is 0 Å². The number of nitrogens with zero attached hydrogens (tertiary/aromatic N) is 1. The second kappa shape index (κ2) is 9.19. The quantitative estimate of drug-likeness (QED) is 0.470. The van der Waals surface area contributed by atoms with Crippen LogP contribution in [0.1, 0.15) is 37.8 Å². The Kier molecular flexibility index (Phi) is 6.50. The Balaban J connectivity index is 1.51. The maximum Gasteiger partial charge on any atom is 0.333 e. The summed E-state index contributed by atoms with van der Waals surface area (Å²) < 4.78 is 10.4. The molecule has 2 heterocycles. The fourth-order valence-electron chi connectivity index (χ4n) is 4.51. The maximum absolute atomic E-state index is 13.6. The number of hydrogen-bond donors (Lipinski definition) is 1. The summed E-state index contributed by atoms with van der Waals surface area (Å²) in [5, 5.41) is -0.322. The molecular formula is C25H28N2O5S. The molecule has 8 heteroatoms. The van der Waals surface area contributed by atoms with Gasteiger partial charge in [0.2, 0.25) is 5.91 Å². The van der Waals surface area contributed by atoms with Crippen molar-refractivity contribution in [1.29, 1.82) is 0 Å². The highest BCUT2D eigenvalue weighted by Crippen LogP contribution is 2.58. The first kappa shape index (κ1) is 23.3. The minimum Gasteiger partial charge on any atom is -0.461 e. The molecule has 33 heavy (non-hydrogen) atoms. The van der Waals surface area contributed by atoms with Crippen molar-refractivity contribution in [3.05, 3.63) is 71.8 Å². The van der Waals surface area contributed by atoms with Crippen LogP contribution in [-0.4, -0.2) is 44.4 Å². The molecule has 0 spiro atoms. The van der Waals surface area contributed by atoms with Crippen LogP contribution in [0.3, 0.4) is 0 Å². The number of nitrogens with two attached hydrogens (primary N) is 1. The molecule has 2 aliphatic rings. The van der Waals surface area contributed by atoms with Crippen molar-refractivity contribution in [2.75, 3.05) is 0 Å². The lowest BCUT2D eigenvalue weighted by Gasteiger charge is -2.49. The van der Waals surface area contributed by atoms with Gasteiger partial charge in [-0.25, -0.2) is 4.79 Å². The van der Waals surface area contributed by atoms with Gasteiger partial charge in [-0.3, -0.25) is 9.59 Å². The van der Waals surface area contributed by atoms with E-state index in [4.69, 9.17) is 15.2 Å². The zero-order valence-corrected chi connectivity index (χ0v) is 19.5. The Labute approximate surface area is 197 Å². The Morgan fingerprint density at radius 2 is 1.52 bits per heavy atom. The van der Waals surface area contributed by atoms with Gasteiger partial charge in [-0.15, -0.1) is 11.8 Å². The molecule has 7 nitrogen and oxygen atoms in total. The first-order chi connectivity index (χ1) is 15.8. The number of carbonyl (C=O) groups is 3. The van der Waals surface area contributed by atoms with E-state index in [1.165, 1.54) is 16.7 Å². The smallest absolute Gasteiger partial charge is 0.333 e. The van der Waals surface area contributed by atoms with Gasteiger partial charge in [0, 0.05) is 11.2 Å². The molecule has 2 aromatic carbocycles. The number of ether oxygens (including phenoxy) is 2. The Bertz CT molecular complexity index is 1030. The summed E-state index contributed by atoms with van der Waals surface area (Å²) in [6.07, 6.45) is 0.0756. The van der Waals surface area contributed by atoms with Crippen LogP contribution in [0.25, 0.3) is 0 Å². The molecule has 0 aliphatic carbocycles. The van der Waals surface area contributed by atoms with Crippen molar-refractivity contribution in [2.45, 2.75) is 61.6 Å². The number of carbonyl (C=O) groups excluding carboxylic acids is 3. The van der Waals surface area contributed by atoms with E-state index in [1.807, 2.05) is 74.5 Å². The molecule has 2 aliphatic heterocycles. The fraction of sp³-hybridized carbons (Fsp3) is 0.400. The molecule has 0 unspecified atom stereocenters. The zero-order valence-electron chi connectivity index (χ0n) is 18.7. The predicted octanol–water partition coefficient (Wildman–Crippen LogP) is 3.01. The van der Waals surface area contributed by atoms with Gasteiger partial charge in [-0.05, 0) is 31.4 Å². The average Bonchev–Trinajstić information content (AvgIpc) is 3.05. The molecule has 2 fully saturated rings. The molecule has 0 bridgehead atoms. The van der Waals surface area contributed by atoms with E-state index in [2.05, 4.69) is 0 Å². The predicted molar refractivity (Wildman–Crippen MR) is 125 cm³/mol. The minimum absolute atomic E-state index is 0.0248. The van der Waals surface area contributed by atoms with Gasteiger partial charge in [-0.1, -0.05) is 60.7 Å². The molecule has 0 aromatic heterocycles. The van der Waals surface area contributed by atoms with Crippen molar-refractivity contribution in [1.82, 2.24) is 4.90 Å². The van der Waals surface area contributed by atoms with E-state index < -0.39 is 28.3 Å². The summed E-state index contributed by atoms with van der Waals surface area (Å²) >= 11 is 1.48. The third-order valence-corrected chi connectivity index (χ3v) is 8.06. The molecule has 2 saturated heterocycles. The summed E-state index contributed by atoms with van der Waals surface area (Å²) in [7, 11) is 0. The minimum atomic E-state index is -1.31. The summed E-state index contributed by atoms with van der Waals surface area (Å²) in [4.78, 5) is 40.4. The number of hydrogen-bond acceptors (Lipinski definition) is 7. The van der Waals surface area contributed by atoms with Gasteiger partial charge >= 0.3 is 11.9 Å². The van der Waals surface area contributed by atoms with Crippen molar-refractivity contribution < 1.29 is 23.9 Å². The fourth-order valence-corrected chi connectivity index (χ4v) is 6.25. The van der Waals surface area contributed by atoms with Crippen LogP contribution in [0.5, 0.6) is 0 Å². The molecule has 3 atom stereocenters. The summed E-state index contributed by atoms with van der Waals surface area (Å²) in [6, 6.07) is 18.1. The van der Waals surface area contributed by atoms with E-state index in [0.29, 0.717) is 0 Å². The topological polar surface area (TPSA) is 98.9 Å². The van der Waals surface area contributed by atoms with Crippen molar-refractivity contribution in [3.8, 4) is 0 Å². The third-order valence-electron chi connectivity index (χ3n) is 6.39. The van der Waals surface area contributed by atoms with Gasteiger partial charge in [0.1, 0.15) is 24.6 Å².